The van der Waals surface area contributed by atoms with Crippen molar-refractivity contribution in [3.8, 4) is 5.75 Å². The fourth-order valence-corrected chi connectivity index (χ4v) is 4.13. The summed E-state index contributed by atoms with van der Waals surface area (Å²) in [5.74, 6) is -0.937. The number of carbonyl (C=O) groups excluding carboxylic acids is 3. The molecule has 1 unspecified atom stereocenters. The second-order valence-corrected chi connectivity index (χ2v) is 8.12. The largest absolute Gasteiger partial charge is 0.492 e. The molecule has 0 aliphatic rings. The number of hydrogen-bond donors (Lipinski definition) is 3. The van der Waals surface area contributed by atoms with E-state index in [4.69, 9.17) is 25.4 Å². The van der Waals surface area contributed by atoms with E-state index in [1.807, 2.05) is 0 Å². The highest BCUT2D eigenvalue weighted by Gasteiger charge is 2.39. The zero-order chi connectivity index (χ0) is 25.5. The molecule has 3 amide bonds. The molecule has 11 nitrogen and oxygen atoms in total. The summed E-state index contributed by atoms with van der Waals surface area (Å²) in [5, 5.41) is 2.76. The van der Waals surface area contributed by atoms with Crippen molar-refractivity contribution < 1.29 is 28.3 Å². The number of para-hydroxylation sites is 2. The van der Waals surface area contributed by atoms with Crippen LogP contribution < -0.4 is 26.4 Å². The Labute approximate surface area is 206 Å². The molecule has 0 saturated heterocycles. The molecule has 0 aliphatic heterocycles. The topological polar surface area (TPSA) is 163 Å². The van der Waals surface area contributed by atoms with Gasteiger partial charge in [0.25, 0.3) is 17.7 Å². The molecule has 2 aromatic heterocycles. The molecule has 5 N–H and O–H groups in total. The summed E-state index contributed by atoms with van der Waals surface area (Å²) in [6.07, 6.45) is 0. The van der Waals surface area contributed by atoms with Crippen LogP contribution in [-0.2, 0) is 9.53 Å². The van der Waals surface area contributed by atoms with Crippen molar-refractivity contribution in [2.24, 2.45) is 5.73 Å². The van der Waals surface area contributed by atoms with Crippen LogP contribution in [0.25, 0.3) is 0 Å². The van der Waals surface area contributed by atoms with Crippen molar-refractivity contribution in [3.63, 3.8) is 0 Å². The molecule has 1 aromatic carbocycles. The summed E-state index contributed by atoms with van der Waals surface area (Å²) in [5.41, 5.74) is 11.3. The molecule has 186 valence electrons. The zero-order valence-electron chi connectivity index (χ0n) is 19.6. The van der Waals surface area contributed by atoms with Crippen molar-refractivity contribution in [2.45, 2.75) is 19.9 Å². The Morgan fingerprint density at radius 3 is 2.57 bits per heavy atom. The van der Waals surface area contributed by atoms with Gasteiger partial charge in [0.05, 0.1) is 24.6 Å². The van der Waals surface area contributed by atoms with Gasteiger partial charge in [-0.2, -0.15) is 4.37 Å². The van der Waals surface area contributed by atoms with Crippen LogP contribution in [0.15, 0.2) is 40.8 Å². The minimum absolute atomic E-state index is 0.0527. The molecule has 35 heavy (non-hydrogen) atoms. The van der Waals surface area contributed by atoms with Crippen LogP contribution in [0, 0.1) is 6.92 Å². The maximum atomic E-state index is 14.0. The van der Waals surface area contributed by atoms with E-state index in [9.17, 15) is 14.4 Å². The van der Waals surface area contributed by atoms with E-state index >= 15 is 0 Å². The molecule has 0 bridgehead atoms. The molecule has 2 heterocycles. The number of nitrogens with zero attached hydrogens (tertiary/aromatic N) is 2. The molecule has 0 aliphatic carbocycles. The number of aromatic nitrogens is 1. The van der Waals surface area contributed by atoms with Crippen molar-refractivity contribution in [2.75, 3.05) is 37.5 Å². The number of amides is 3. The maximum absolute atomic E-state index is 14.0. The molecule has 1 atom stereocenters. The standard InChI is InChI=1S/C23H27N5O6S/c1-4-33-15-8-6-5-7-14(15)28(23(31)20-17(24)18(21(25)29)27-35-20)19(16-10-9-13(2)34-16)22(30)26-11-12-32-3/h5-10,19H,4,11-12,24H2,1-3H3,(H2,25,29)(H,26,30). The van der Waals surface area contributed by atoms with Crippen LogP contribution in [0.3, 0.4) is 0 Å². The Balaban J connectivity index is 2.21. The van der Waals surface area contributed by atoms with E-state index < -0.39 is 23.8 Å². The number of furan rings is 1. The molecular weight excluding hydrogens is 474 g/mol. The van der Waals surface area contributed by atoms with Crippen molar-refractivity contribution in [3.05, 3.63) is 58.5 Å². The molecule has 0 fully saturated rings. The van der Waals surface area contributed by atoms with Gasteiger partial charge in [-0.3, -0.25) is 19.3 Å². The smallest absolute Gasteiger partial charge is 0.273 e. The summed E-state index contributed by atoms with van der Waals surface area (Å²) in [6.45, 7) is 4.31. The van der Waals surface area contributed by atoms with Crippen LogP contribution in [0.2, 0.25) is 0 Å². The predicted molar refractivity (Wildman–Crippen MR) is 131 cm³/mol. The highest BCUT2D eigenvalue weighted by Crippen LogP contribution is 2.38. The highest BCUT2D eigenvalue weighted by atomic mass is 32.1. The Morgan fingerprint density at radius 1 is 1.23 bits per heavy atom. The molecular formula is C23H27N5O6S. The van der Waals surface area contributed by atoms with E-state index in [0.29, 0.717) is 35.3 Å². The van der Waals surface area contributed by atoms with Crippen molar-refractivity contribution >= 4 is 40.6 Å². The quantitative estimate of drug-likeness (QED) is 0.337. The van der Waals surface area contributed by atoms with Crippen molar-refractivity contribution in [1.82, 2.24) is 9.69 Å². The maximum Gasteiger partial charge on any atom is 0.273 e. The first-order valence-electron chi connectivity index (χ1n) is 10.7. The lowest BCUT2D eigenvalue weighted by atomic mass is 10.1. The van der Waals surface area contributed by atoms with Crippen LogP contribution in [-0.4, -0.2) is 49.0 Å². The highest BCUT2D eigenvalue weighted by molar-refractivity contribution is 7.09. The monoisotopic (exact) mass is 501 g/mol. The third-order valence-electron chi connectivity index (χ3n) is 4.94. The fraction of sp³-hybridized carbons (Fsp3) is 0.304. The van der Waals surface area contributed by atoms with Gasteiger partial charge in [-0.25, -0.2) is 0 Å². The zero-order valence-corrected chi connectivity index (χ0v) is 20.4. The lowest BCUT2D eigenvalue weighted by Crippen LogP contribution is -2.44. The van der Waals surface area contributed by atoms with Gasteiger partial charge in [-0.15, -0.1) is 0 Å². The number of nitrogens with one attached hydrogen (secondary N) is 1. The van der Waals surface area contributed by atoms with Crippen LogP contribution in [0.4, 0.5) is 11.4 Å². The number of anilines is 2. The summed E-state index contributed by atoms with van der Waals surface area (Å²) < 4.78 is 20.5. The first-order valence-corrected chi connectivity index (χ1v) is 11.5. The number of nitrogens with two attached hydrogens (primary N) is 2. The van der Waals surface area contributed by atoms with E-state index in [0.717, 1.165) is 0 Å². The number of hydrogen-bond acceptors (Lipinski definition) is 9. The summed E-state index contributed by atoms with van der Waals surface area (Å²) >= 11 is 0.716. The van der Waals surface area contributed by atoms with E-state index in [1.165, 1.54) is 12.0 Å². The van der Waals surface area contributed by atoms with Crippen molar-refractivity contribution in [1.29, 1.82) is 0 Å². The molecule has 0 saturated carbocycles. The number of nitrogen functional groups attached to an aromatic ring is 1. The summed E-state index contributed by atoms with van der Waals surface area (Å²) in [4.78, 5) is 40.3. The average Bonchev–Trinajstić information content (AvgIpc) is 3.43. The van der Waals surface area contributed by atoms with Gasteiger partial charge in [0.1, 0.15) is 22.1 Å². The van der Waals surface area contributed by atoms with Gasteiger partial charge >= 0.3 is 0 Å². The Morgan fingerprint density at radius 2 is 1.97 bits per heavy atom. The van der Waals surface area contributed by atoms with Gasteiger partial charge < -0.3 is 30.7 Å². The second kappa shape index (κ2) is 11.5. The SMILES string of the molecule is CCOc1ccccc1N(C(=O)c1snc(C(N)=O)c1N)C(C(=O)NCCOC)c1ccc(C)o1. The predicted octanol–water partition coefficient (Wildman–Crippen LogP) is 2.28. The van der Waals surface area contributed by atoms with Gasteiger partial charge in [-0.1, -0.05) is 12.1 Å². The van der Waals surface area contributed by atoms with Crippen LogP contribution in [0.1, 0.15) is 44.6 Å². The Hall–Kier alpha value is -3.90. The fourth-order valence-electron chi connectivity index (χ4n) is 3.39. The number of methoxy groups -OCH3 is 1. The van der Waals surface area contributed by atoms with Gasteiger partial charge in [-0.05, 0) is 49.6 Å². The van der Waals surface area contributed by atoms with Gasteiger partial charge in [0.15, 0.2) is 11.7 Å². The van der Waals surface area contributed by atoms with E-state index in [2.05, 4.69) is 9.69 Å². The number of aryl methyl sites for hydroxylation is 1. The molecule has 3 rings (SSSR count). The van der Waals surface area contributed by atoms with Gasteiger partial charge in [0.2, 0.25) is 0 Å². The number of rotatable bonds is 11. The third kappa shape index (κ3) is 5.61. The third-order valence-corrected chi connectivity index (χ3v) is 5.79. The lowest BCUT2D eigenvalue weighted by Gasteiger charge is -2.30. The normalized spacial score (nSPS) is 11.6. The Bertz CT molecular complexity index is 1210. The van der Waals surface area contributed by atoms with Crippen LogP contribution in [0.5, 0.6) is 5.75 Å². The number of ether oxygens (including phenoxy) is 2. The first-order chi connectivity index (χ1) is 16.8. The van der Waals surface area contributed by atoms with E-state index in [-0.39, 0.29) is 35.2 Å². The summed E-state index contributed by atoms with van der Waals surface area (Å²) in [7, 11) is 1.51. The first kappa shape index (κ1) is 25.7. The minimum Gasteiger partial charge on any atom is -0.492 e. The molecule has 0 spiro atoms. The second-order valence-electron chi connectivity index (χ2n) is 7.35. The molecule has 3 aromatic rings. The van der Waals surface area contributed by atoms with Crippen LogP contribution >= 0.6 is 11.5 Å². The van der Waals surface area contributed by atoms with E-state index in [1.54, 1.807) is 50.2 Å². The lowest BCUT2D eigenvalue weighted by molar-refractivity contribution is -0.123. The molecule has 12 heteroatoms. The number of primary amides is 1. The number of carbonyl (C=O) groups is 3. The average molecular weight is 502 g/mol. The van der Waals surface area contributed by atoms with Gasteiger partial charge in [0, 0.05) is 13.7 Å². The summed E-state index contributed by atoms with van der Waals surface area (Å²) in [6, 6.07) is 8.83. The Kier molecular flexibility index (Phi) is 8.44. The minimum atomic E-state index is -1.24. The number of benzene rings is 1. The molecule has 0 radical (unpaired) electrons.